The average Bonchev–Trinajstić information content (AvgIpc) is 1.88. The summed E-state index contributed by atoms with van der Waals surface area (Å²) >= 11 is 1.54. The molecule has 1 N–H and O–H groups in total. The zero-order valence-corrected chi connectivity index (χ0v) is 10.9. The van der Waals surface area contributed by atoms with E-state index in [9.17, 15) is 4.79 Å². The van der Waals surface area contributed by atoms with Gasteiger partial charge in [-0.2, -0.15) is 0 Å². The van der Waals surface area contributed by atoms with Gasteiger partial charge >= 0.3 is 0 Å². The summed E-state index contributed by atoms with van der Waals surface area (Å²) in [5, 5.41) is 4.42. The van der Waals surface area contributed by atoms with Gasteiger partial charge in [-0.25, -0.2) is 0 Å². The van der Waals surface area contributed by atoms with Crippen LogP contribution >= 0.6 is 11.8 Å². The standard InChI is InChI=1S/C12H21NOS/c1-8(14)15-9-5-12(6-9)7-13-10(12)11(2,3)4/h9-10,13H,5-7H2,1-4H3. The molecule has 0 aromatic carbocycles. The lowest BCUT2D eigenvalue weighted by Crippen LogP contribution is -2.72. The van der Waals surface area contributed by atoms with Crippen molar-refractivity contribution in [2.24, 2.45) is 10.8 Å². The molecule has 1 atom stereocenters. The summed E-state index contributed by atoms with van der Waals surface area (Å²) < 4.78 is 0. The summed E-state index contributed by atoms with van der Waals surface area (Å²) in [6.45, 7) is 9.74. The van der Waals surface area contributed by atoms with Crippen LogP contribution in [0.25, 0.3) is 0 Å². The summed E-state index contributed by atoms with van der Waals surface area (Å²) in [6.07, 6.45) is 2.46. The Balaban J connectivity index is 1.89. The summed E-state index contributed by atoms with van der Waals surface area (Å²) in [5.74, 6) is 0. The smallest absolute Gasteiger partial charge is 0.186 e. The number of hydrogen-bond donors (Lipinski definition) is 1. The maximum Gasteiger partial charge on any atom is 0.186 e. The minimum atomic E-state index is 0.273. The Morgan fingerprint density at radius 1 is 1.40 bits per heavy atom. The van der Waals surface area contributed by atoms with Crippen molar-refractivity contribution < 1.29 is 4.79 Å². The minimum absolute atomic E-state index is 0.273. The number of nitrogens with one attached hydrogen (secondary N) is 1. The van der Waals surface area contributed by atoms with Crippen LogP contribution in [0.5, 0.6) is 0 Å². The highest BCUT2D eigenvalue weighted by atomic mass is 32.2. The monoisotopic (exact) mass is 227 g/mol. The van der Waals surface area contributed by atoms with Crippen molar-refractivity contribution in [3.63, 3.8) is 0 Å². The molecule has 2 nitrogen and oxygen atoms in total. The maximum atomic E-state index is 11.0. The normalized spacial score (nSPS) is 39.7. The fraction of sp³-hybridized carbons (Fsp3) is 0.917. The highest BCUT2D eigenvalue weighted by Gasteiger charge is 2.58. The third-order valence-electron chi connectivity index (χ3n) is 3.74. The topological polar surface area (TPSA) is 29.1 Å². The fourth-order valence-electron chi connectivity index (χ4n) is 3.26. The lowest BCUT2D eigenvalue weighted by atomic mass is 9.53. The van der Waals surface area contributed by atoms with E-state index in [1.54, 1.807) is 6.92 Å². The van der Waals surface area contributed by atoms with Crippen molar-refractivity contribution in [1.82, 2.24) is 5.32 Å². The molecule has 0 bridgehead atoms. The van der Waals surface area contributed by atoms with E-state index in [-0.39, 0.29) is 5.12 Å². The third kappa shape index (κ3) is 1.96. The molecule has 0 radical (unpaired) electrons. The molecule has 1 spiro atoms. The number of hydrogen-bond acceptors (Lipinski definition) is 3. The highest BCUT2D eigenvalue weighted by molar-refractivity contribution is 8.14. The summed E-state index contributed by atoms with van der Waals surface area (Å²) in [4.78, 5) is 11.0. The van der Waals surface area contributed by atoms with Crippen molar-refractivity contribution in [3.8, 4) is 0 Å². The molecule has 1 unspecified atom stereocenters. The van der Waals surface area contributed by atoms with Gasteiger partial charge in [0.05, 0.1) is 0 Å². The molecule has 1 aliphatic heterocycles. The summed E-state index contributed by atoms with van der Waals surface area (Å²) in [6, 6.07) is 0.647. The van der Waals surface area contributed by atoms with E-state index in [1.807, 2.05) is 0 Å². The van der Waals surface area contributed by atoms with Gasteiger partial charge in [-0.05, 0) is 18.3 Å². The number of carbonyl (C=O) groups excluding carboxylic acids is 1. The van der Waals surface area contributed by atoms with Crippen molar-refractivity contribution in [2.45, 2.75) is 51.8 Å². The predicted molar refractivity (Wildman–Crippen MR) is 65.0 cm³/mol. The van der Waals surface area contributed by atoms with Crippen LogP contribution < -0.4 is 5.32 Å². The molecule has 2 fully saturated rings. The second kappa shape index (κ2) is 3.49. The summed E-state index contributed by atoms with van der Waals surface area (Å²) in [7, 11) is 0. The predicted octanol–water partition coefficient (Wildman–Crippen LogP) is 2.43. The van der Waals surface area contributed by atoms with Crippen LogP contribution in [0.15, 0.2) is 0 Å². The Morgan fingerprint density at radius 2 is 2.00 bits per heavy atom. The lowest BCUT2D eigenvalue weighted by Gasteiger charge is -2.63. The first-order valence-corrected chi connectivity index (χ1v) is 6.62. The van der Waals surface area contributed by atoms with Crippen molar-refractivity contribution in [1.29, 1.82) is 0 Å². The molecule has 1 saturated carbocycles. The van der Waals surface area contributed by atoms with E-state index in [1.165, 1.54) is 24.6 Å². The Kier molecular flexibility index (Phi) is 2.67. The zero-order chi connectivity index (χ0) is 11.3. The SMILES string of the molecule is CC(=O)SC1CC2(CNC2C(C)(C)C)C1. The van der Waals surface area contributed by atoms with Gasteiger partial charge in [-0.3, -0.25) is 4.79 Å². The average molecular weight is 227 g/mol. The van der Waals surface area contributed by atoms with Crippen LogP contribution in [0.2, 0.25) is 0 Å². The fourth-order valence-corrected chi connectivity index (χ4v) is 4.56. The second-order valence-corrected chi connectivity index (χ2v) is 7.66. The Morgan fingerprint density at radius 3 is 2.33 bits per heavy atom. The quantitative estimate of drug-likeness (QED) is 0.746. The van der Waals surface area contributed by atoms with Gasteiger partial charge in [0, 0.05) is 30.2 Å². The second-order valence-electron chi connectivity index (χ2n) is 6.18. The van der Waals surface area contributed by atoms with Crippen molar-refractivity contribution in [2.75, 3.05) is 6.54 Å². The molecular weight excluding hydrogens is 206 g/mol. The largest absolute Gasteiger partial charge is 0.312 e. The highest BCUT2D eigenvalue weighted by Crippen LogP contribution is 2.56. The van der Waals surface area contributed by atoms with Crippen molar-refractivity contribution in [3.05, 3.63) is 0 Å². The lowest BCUT2D eigenvalue weighted by molar-refractivity contribution is -0.109. The summed E-state index contributed by atoms with van der Waals surface area (Å²) in [5.41, 5.74) is 0.871. The Labute approximate surface area is 96.6 Å². The molecule has 3 heteroatoms. The van der Waals surface area contributed by atoms with Gasteiger partial charge in [-0.1, -0.05) is 32.5 Å². The van der Waals surface area contributed by atoms with Crippen LogP contribution in [0.1, 0.15) is 40.5 Å². The van der Waals surface area contributed by atoms with Crippen LogP contribution in [-0.4, -0.2) is 23.0 Å². The molecule has 1 saturated heterocycles. The van der Waals surface area contributed by atoms with E-state index in [0.717, 1.165) is 6.54 Å². The molecular formula is C12H21NOS. The third-order valence-corrected chi connectivity index (χ3v) is 4.74. The van der Waals surface area contributed by atoms with Crippen molar-refractivity contribution >= 4 is 16.9 Å². The Bertz CT molecular complexity index is 276. The molecule has 86 valence electrons. The number of thioether (sulfide) groups is 1. The van der Waals surface area contributed by atoms with Crippen LogP contribution in [0.3, 0.4) is 0 Å². The van der Waals surface area contributed by atoms with Gasteiger partial charge in [0.15, 0.2) is 5.12 Å². The van der Waals surface area contributed by atoms with Gasteiger partial charge in [0.1, 0.15) is 0 Å². The van der Waals surface area contributed by atoms with Gasteiger partial charge in [-0.15, -0.1) is 0 Å². The van der Waals surface area contributed by atoms with E-state index >= 15 is 0 Å². The van der Waals surface area contributed by atoms with E-state index < -0.39 is 0 Å². The first-order chi connectivity index (χ1) is 6.83. The first-order valence-electron chi connectivity index (χ1n) is 5.74. The minimum Gasteiger partial charge on any atom is -0.312 e. The van der Waals surface area contributed by atoms with E-state index in [2.05, 4.69) is 26.1 Å². The van der Waals surface area contributed by atoms with Gasteiger partial charge in [0.2, 0.25) is 0 Å². The molecule has 0 aromatic rings. The molecule has 2 rings (SSSR count). The maximum absolute atomic E-state index is 11.0. The molecule has 0 aromatic heterocycles. The van der Waals surface area contributed by atoms with Crippen LogP contribution in [0, 0.1) is 10.8 Å². The van der Waals surface area contributed by atoms with E-state index in [0.29, 0.717) is 22.1 Å². The molecule has 1 heterocycles. The number of rotatable bonds is 1. The Hall–Kier alpha value is -0.0200. The van der Waals surface area contributed by atoms with Gasteiger partial charge < -0.3 is 5.32 Å². The van der Waals surface area contributed by atoms with E-state index in [4.69, 9.17) is 0 Å². The molecule has 15 heavy (non-hydrogen) atoms. The molecule has 0 amide bonds. The first kappa shape index (κ1) is 11.5. The zero-order valence-electron chi connectivity index (χ0n) is 10.1. The van der Waals surface area contributed by atoms with Gasteiger partial charge in [0.25, 0.3) is 0 Å². The number of carbonyl (C=O) groups is 1. The molecule has 1 aliphatic carbocycles. The van der Waals surface area contributed by atoms with Crippen LogP contribution in [-0.2, 0) is 4.79 Å². The van der Waals surface area contributed by atoms with Crippen LogP contribution in [0.4, 0.5) is 0 Å². The molecule has 2 aliphatic rings.